The highest BCUT2D eigenvalue weighted by Crippen LogP contribution is 2.17. The molecule has 16 heavy (non-hydrogen) atoms. The van der Waals surface area contributed by atoms with Gasteiger partial charge < -0.3 is 20.5 Å². The van der Waals surface area contributed by atoms with Gasteiger partial charge in [-0.1, -0.05) is 6.07 Å². The molecule has 0 bridgehead atoms. The highest BCUT2D eigenvalue weighted by molar-refractivity contribution is 5.58. The number of hydrogen-bond donors (Lipinski definition) is 2. The summed E-state index contributed by atoms with van der Waals surface area (Å²) in [4.78, 5) is 0. The van der Waals surface area contributed by atoms with E-state index in [-0.39, 0.29) is 6.10 Å². The van der Waals surface area contributed by atoms with Gasteiger partial charge in [-0.15, -0.1) is 0 Å². The minimum atomic E-state index is 0.135. The number of aryl methyl sites for hydroxylation is 1. The monoisotopic (exact) mass is 222 g/mol. The van der Waals surface area contributed by atoms with Crippen molar-refractivity contribution in [3.8, 4) is 0 Å². The maximum absolute atomic E-state index is 5.83. The van der Waals surface area contributed by atoms with Gasteiger partial charge >= 0.3 is 0 Å². The summed E-state index contributed by atoms with van der Waals surface area (Å²) >= 11 is 0. The summed E-state index contributed by atoms with van der Waals surface area (Å²) in [5.41, 5.74) is 8.77. The van der Waals surface area contributed by atoms with E-state index in [4.69, 9.17) is 15.2 Å². The Morgan fingerprint density at radius 3 is 3.00 bits per heavy atom. The van der Waals surface area contributed by atoms with Crippen LogP contribution in [0.2, 0.25) is 0 Å². The Hall–Kier alpha value is -1.26. The van der Waals surface area contributed by atoms with Gasteiger partial charge in [-0.05, 0) is 24.6 Å². The third-order valence-electron chi connectivity index (χ3n) is 2.70. The lowest BCUT2D eigenvalue weighted by molar-refractivity contribution is -0.0818. The molecule has 0 spiro atoms. The average molecular weight is 222 g/mol. The third-order valence-corrected chi connectivity index (χ3v) is 2.70. The first-order valence-electron chi connectivity index (χ1n) is 5.55. The first-order chi connectivity index (χ1) is 7.75. The van der Waals surface area contributed by atoms with Gasteiger partial charge in [-0.2, -0.15) is 0 Å². The highest BCUT2D eigenvalue weighted by Gasteiger charge is 2.13. The van der Waals surface area contributed by atoms with Crippen molar-refractivity contribution in [1.82, 2.24) is 0 Å². The molecule has 3 N–H and O–H groups in total. The van der Waals surface area contributed by atoms with Crippen molar-refractivity contribution < 1.29 is 9.47 Å². The van der Waals surface area contributed by atoms with Crippen molar-refractivity contribution in [3.05, 3.63) is 23.8 Å². The Morgan fingerprint density at radius 2 is 2.31 bits per heavy atom. The van der Waals surface area contributed by atoms with Crippen LogP contribution < -0.4 is 11.1 Å². The zero-order chi connectivity index (χ0) is 11.4. The lowest BCUT2D eigenvalue weighted by atomic mass is 10.2. The van der Waals surface area contributed by atoms with Crippen LogP contribution in [0.3, 0.4) is 0 Å². The quantitative estimate of drug-likeness (QED) is 0.759. The average Bonchev–Trinajstić information content (AvgIpc) is 2.32. The van der Waals surface area contributed by atoms with Crippen LogP contribution in [-0.4, -0.2) is 32.5 Å². The van der Waals surface area contributed by atoms with Crippen LogP contribution in [0.1, 0.15) is 5.56 Å². The van der Waals surface area contributed by atoms with E-state index in [1.165, 1.54) is 0 Å². The molecule has 0 radical (unpaired) electrons. The number of rotatable bonds is 3. The molecule has 88 valence electrons. The first kappa shape index (κ1) is 11.2. The van der Waals surface area contributed by atoms with Crippen molar-refractivity contribution >= 4 is 11.4 Å². The van der Waals surface area contributed by atoms with Gasteiger partial charge in [0.05, 0.1) is 25.9 Å². The molecule has 0 saturated carbocycles. The summed E-state index contributed by atoms with van der Waals surface area (Å²) in [5, 5.41) is 3.30. The molecule has 1 aliphatic rings. The van der Waals surface area contributed by atoms with E-state index in [9.17, 15) is 0 Å². The number of ether oxygens (including phenoxy) is 2. The Kier molecular flexibility index (Phi) is 3.64. The fourth-order valence-electron chi connectivity index (χ4n) is 1.64. The van der Waals surface area contributed by atoms with Crippen molar-refractivity contribution in [3.63, 3.8) is 0 Å². The van der Waals surface area contributed by atoms with Crippen molar-refractivity contribution in [2.45, 2.75) is 13.0 Å². The van der Waals surface area contributed by atoms with Crippen LogP contribution in [0.15, 0.2) is 18.2 Å². The van der Waals surface area contributed by atoms with Gasteiger partial charge in [-0.3, -0.25) is 0 Å². The first-order valence-corrected chi connectivity index (χ1v) is 5.55. The maximum Gasteiger partial charge on any atom is 0.0981 e. The van der Waals surface area contributed by atoms with Crippen LogP contribution in [0.4, 0.5) is 11.4 Å². The van der Waals surface area contributed by atoms with Crippen LogP contribution >= 0.6 is 0 Å². The van der Waals surface area contributed by atoms with Crippen molar-refractivity contribution in [2.24, 2.45) is 0 Å². The zero-order valence-electron chi connectivity index (χ0n) is 9.53. The van der Waals surface area contributed by atoms with Crippen LogP contribution in [0.5, 0.6) is 0 Å². The van der Waals surface area contributed by atoms with Gasteiger partial charge in [0.2, 0.25) is 0 Å². The Morgan fingerprint density at radius 1 is 1.44 bits per heavy atom. The Balaban J connectivity index is 1.86. The fraction of sp³-hybridized carbons (Fsp3) is 0.500. The molecule has 1 heterocycles. The van der Waals surface area contributed by atoms with Gasteiger partial charge in [0.15, 0.2) is 0 Å². The predicted molar refractivity (Wildman–Crippen MR) is 64.6 cm³/mol. The largest absolute Gasteiger partial charge is 0.398 e. The molecule has 0 aliphatic carbocycles. The third kappa shape index (κ3) is 2.87. The zero-order valence-corrected chi connectivity index (χ0v) is 9.53. The molecule has 4 nitrogen and oxygen atoms in total. The smallest absolute Gasteiger partial charge is 0.0981 e. The van der Waals surface area contributed by atoms with E-state index >= 15 is 0 Å². The maximum atomic E-state index is 5.83. The molecular weight excluding hydrogens is 204 g/mol. The van der Waals surface area contributed by atoms with Gasteiger partial charge in [0.25, 0.3) is 0 Å². The van der Waals surface area contributed by atoms with Crippen LogP contribution in [-0.2, 0) is 9.47 Å². The molecular formula is C12H18N2O2. The van der Waals surface area contributed by atoms with E-state index in [0.29, 0.717) is 19.8 Å². The van der Waals surface area contributed by atoms with E-state index in [2.05, 4.69) is 5.32 Å². The number of nitrogen functional groups attached to an aromatic ring is 1. The fourth-order valence-corrected chi connectivity index (χ4v) is 1.64. The molecule has 1 unspecified atom stereocenters. The van der Waals surface area contributed by atoms with E-state index in [0.717, 1.165) is 23.5 Å². The Bertz CT molecular complexity index is 349. The van der Waals surface area contributed by atoms with Crippen LogP contribution in [0.25, 0.3) is 0 Å². The number of hydrogen-bond acceptors (Lipinski definition) is 4. The summed E-state index contributed by atoms with van der Waals surface area (Å²) in [5.74, 6) is 0. The number of nitrogens with one attached hydrogen (secondary N) is 1. The molecule has 4 heteroatoms. The van der Waals surface area contributed by atoms with Gasteiger partial charge in [0.1, 0.15) is 0 Å². The minimum absolute atomic E-state index is 0.135. The highest BCUT2D eigenvalue weighted by atomic mass is 16.6. The summed E-state index contributed by atoms with van der Waals surface area (Å²) in [6.07, 6.45) is 0.135. The predicted octanol–water partition coefficient (Wildman–Crippen LogP) is 1.40. The minimum Gasteiger partial charge on any atom is -0.398 e. The lowest BCUT2D eigenvalue weighted by Gasteiger charge is -2.23. The normalized spacial score (nSPS) is 20.7. The number of benzene rings is 1. The van der Waals surface area contributed by atoms with Crippen molar-refractivity contribution in [1.29, 1.82) is 0 Å². The van der Waals surface area contributed by atoms with Crippen molar-refractivity contribution in [2.75, 3.05) is 37.4 Å². The molecule has 1 aromatic carbocycles. The van der Waals surface area contributed by atoms with E-state index in [1.54, 1.807) is 0 Å². The summed E-state index contributed by atoms with van der Waals surface area (Å²) < 4.78 is 10.9. The molecule has 1 atom stereocenters. The molecule has 1 aliphatic heterocycles. The Labute approximate surface area is 95.7 Å². The summed E-state index contributed by atoms with van der Waals surface area (Å²) in [6, 6.07) is 5.98. The molecule has 1 fully saturated rings. The summed E-state index contributed by atoms with van der Waals surface area (Å²) in [7, 11) is 0. The van der Waals surface area contributed by atoms with E-state index in [1.807, 2.05) is 25.1 Å². The molecule has 0 amide bonds. The van der Waals surface area contributed by atoms with Gasteiger partial charge in [0, 0.05) is 17.9 Å². The topological polar surface area (TPSA) is 56.5 Å². The second-order valence-corrected chi connectivity index (χ2v) is 4.02. The lowest BCUT2D eigenvalue weighted by Crippen LogP contribution is -2.34. The second kappa shape index (κ2) is 5.18. The molecule has 1 saturated heterocycles. The molecule has 2 rings (SSSR count). The number of anilines is 2. The molecule has 1 aromatic rings. The number of nitrogens with two attached hydrogens (primary N) is 1. The van der Waals surface area contributed by atoms with E-state index < -0.39 is 0 Å². The van der Waals surface area contributed by atoms with Gasteiger partial charge in [-0.25, -0.2) is 0 Å². The second-order valence-electron chi connectivity index (χ2n) is 4.02. The standard InChI is InChI=1S/C12H18N2O2/c1-9-2-3-10(6-12(9)13)14-7-11-8-15-4-5-16-11/h2-3,6,11,14H,4-5,7-8,13H2,1H3. The van der Waals surface area contributed by atoms with Crippen LogP contribution in [0, 0.1) is 6.92 Å². The summed E-state index contributed by atoms with van der Waals surface area (Å²) in [6.45, 7) is 4.80. The SMILES string of the molecule is Cc1ccc(NCC2COCCO2)cc1N. The molecule has 0 aromatic heterocycles.